The third kappa shape index (κ3) is 2.31. The molecule has 0 saturated carbocycles. The van der Waals surface area contributed by atoms with Crippen LogP contribution in [0, 0.1) is 11.3 Å². The summed E-state index contributed by atoms with van der Waals surface area (Å²) in [7, 11) is 0. The molecule has 0 radical (unpaired) electrons. The van der Waals surface area contributed by atoms with E-state index in [1.54, 1.807) is 12.4 Å². The van der Waals surface area contributed by atoms with Gasteiger partial charge < -0.3 is 10.5 Å². The number of ether oxygens (including phenoxy) is 1. The third-order valence-corrected chi connectivity index (χ3v) is 3.84. The van der Waals surface area contributed by atoms with Crippen molar-refractivity contribution < 1.29 is 4.74 Å². The fraction of sp³-hybridized carbons (Fsp3) is 0.312. The van der Waals surface area contributed by atoms with Crippen molar-refractivity contribution in [3.63, 3.8) is 0 Å². The number of unbranched alkanes of at least 4 members (excludes halogenated alkanes) is 1. The quantitative estimate of drug-likeness (QED) is 0.901. The molecule has 0 amide bonds. The van der Waals surface area contributed by atoms with Gasteiger partial charge in [-0.2, -0.15) is 5.26 Å². The van der Waals surface area contributed by atoms with E-state index in [2.05, 4.69) is 28.2 Å². The van der Waals surface area contributed by atoms with Gasteiger partial charge in [0.25, 0.3) is 0 Å². The van der Waals surface area contributed by atoms with Gasteiger partial charge in [0, 0.05) is 23.7 Å². The Balaban J connectivity index is 2.13. The number of allylic oxidation sites excluding steroid dienone is 1. The highest BCUT2D eigenvalue weighted by Crippen LogP contribution is 2.42. The number of nitrogens with one attached hydrogen (secondary N) is 1. The van der Waals surface area contributed by atoms with Crippen LogP contribution in [0.3, 0.4) is 0 Å². The molecule has 112 valence electrons. The average molecular weight is 295 g/mol. The molecule has 2 aromatic rings. The summed E-state index contributed by atoms with van der Waals surface area (Å²) in [5, 5.41) is 16.8. The Hall–Kier alpha value is -2.81. The van der Waals surface area contributed by atoms with Gasteiger partial charge in [-0.3, -0.25) is 10.1 Å². The summed E-state index contributed by atoms with van der Waals surface area (Å²) >= 11 is 0. The molecule has 1 atom stereocenters. The van der Waals surface area contributed by atoms with Crippen molar-refractivity contribution in [1.29, 1.82) is 5.26 Å². The SMILES string of the molecule is CCCCc1[nH]nc2c1C(c1ccncc1)C(C#N)=C(N)O2. The van der Waals surface area contributed by atoms with Gasteiger partial charge >= 0.3 is 0 Å². The zero-order chi connectivity index (χ0) is 15.5. The van der Waals surface area contributed by atoms with E-state index in [-0.39, 0.29) is 11.8 Å². The number of nitriles is 1. The maximum atomic E-state index is 9.51. The van der Waals surface area contributed by atoms with Crippen molar-refractivity contribution in [2.45, 2.75) is 32.1 Å². The lowest BCUT2D eigenvalue weighted by Crippen LogP contribution is -2.21. The maximum Gasteiger partial charge on any atom is 0.244 e. The summed E-state index contributed by atoms with van der Waals surface area (Å²) in [5.41, 5.74) is 9.18. The van der Waals surface area contributed by atoms with Crippen LogP contribution in [0.2, 0.25) is 0 Å². The Morgan fingerprint density at radius 1 is 1.41 bits per heavy atom. The summed E-state index contributed by atoms with van der Waals surface area (Å²) in [6, 6.07) is 5.96. The minimum absolute atomic E-state index is 0.116. The Morgan fingerprint density at radius 3 is 2.86 bits per heavy atom. The van der Waals surface area contributed by atoms with Gasteiger partial charge in [0.2, 0.25) is 11.8 Å². The number of hydrogen-bond donors (Lipinski definition) is 2. The van der Waals surface area contributed by atoms with Crippen molar-refractivity contribution in [3.8, 4) is 11.9 Å². The number of fused-ring (bicyclic) bond motifs is 1. The van der Waals surface area contributed by atoms with Crippen LogP contribution in [-0.4, -0.2) is 15.2 Å². The molecule has 2 aromatic heterocycles. The lowest BCUT2D eigenvalue weighted by Gasteiger charge is -2.23. The van der Waals surface area contributed by atoms with Crippen molar-refractivity contribution in [1.82, 2.24) is 15.2 Å². The van der Waals surface area contributed by atoms with Gasteiger partial charge in [0.1, 0.15) is 11.6 Å². The first kappa shape index (κ1) is 14.1. The van der Waals surface area contributed by atoms with Crippen LogP contribution in [0.4, 0.5) is 0 Å². The number of nitrogens with two attached hydrogens (primary N) is 1. The van der Waals surface area contributed by atoms with Crippen LogP contribution in [0.1, 0.15) is 42.5 Å². The predicted molar refractivity (Wildman–Crippen MR) is 80.7 cm³/mol. The van der Waals surface area contributed by atoms with Crippen LogP contribution in [0.25, 0.3) is 0 Å². The number of H-pyrrole nitrogens is 1. The van der Waals surface area contributed by atoms with E-state index >= 15 is 0 Å². The second kappa shape index (κ2) is 5.90. The van der Waals surface area contributed by atoms with Gasteiger partial charge in [0.15, 0.2) is 0 Å². The smallest absolute Gasteiger partial charge is 0.244 e. The number of rotatable bonds is 4. The van der Waals surface area contributed by atoms with E-state index in [0.717, 1.165) is 36.1 Å². The maximum absolute atomic E-state index is 9.51. The van der Waals surface area contributed by atoms with Crippen LogP contribution in [0.5, 0.6) is 5.88 Å². The van der Waals surface area contributed by atoms with Crippen molar-refractivity contribution in [3.05, 3.63) is 52.8 Å². The highest BCUT2D eigenvalue weighted by atomic mass is 16.5. The van der Waals surface area contributed by atoms with E-state index in [1.807, 2.05) is 12.1 Å². The Bertz CT molecular complexity index is 742. The molecule has 0 aromatic carbocycles. The molecule has 0 spiro atoms. The summed E-state index contributed by atoms with van der Waals surface area (Å²) in [6.45, 7) is 2.14. The second-order valence-electron chi connectivity index (χ2n) is 5.23. The van der Waals surface area contributed by atoms with Gasteiger partial charge in [-0.15, -0.1) is 5.10 Å². The van der Waals surface area contributed by atoms with Crippen LogP contribution in [0.15, 0.2) is 36.0 Å². The number of hydrogen-bond acceptors (Lipinski definition) is 5. The molecule has 3 N–H and O–H groups in total. The third-order valence-electron chi connectivity index (χ3n) is 3.84. The second-order valence-corrected chi connectivity index (χ2v) is 5.23. The minimum Gasteiger partial charge on any atom is -0.420 e. The molecule has 6 nitrogen and oxygen atoms in total. The summed E-state index contributed by atoms with van der Waals surface area (Å²) in [5.74, 6) is 0.317. The molecule has 3 heterocycles. The Labute approximate surface area is 128 Å². The number of aromatic amines is 1. The lowest BCUT2D eigenvalue weighted by atomic mass is 9.84. The van der Waals surface area contributed by atoms with Gasteiger partial charge in [-0.25, -0.2) is 0 Å². The molecular weight excluding hydrogens is 278 g/mol. The molecule has 1 aliphatic heterocycles. The molecule has 0 saturated heterocycles. The topological polar surface area (TPSA) is 101 Å². The summed E-state index contributed by atoms with van der Waals surface area (Å²) in [6.07, 6.45) is 6.40. The van der Waals surface area contributed by atoms with Crippen molar-refractivity contribution >= 4 is 0 Å². The molecule has 1 aliphatic rings. The van der Waals surface area contributed by atoms with E-state index in [9.17, 15) is 5.26 Å². The monoisotopic (exact) mass is 295 g/mol. The van der Waals surface area contributed by atoms with Gasteiger partial charge in [-0.05, 0) is 30.5 Å². The minimum atomic E-state index is -0.262. The fourth-order valence-corrected chi connectivity index (χ4v) is 2.74. The largest absolute Gasteiger partial charge is 0.420 e. The van der Waals surface area contributed by atoms with E-state index in [4.69, 9.17) is 10.5 Å². The molecular formula is C16H17N5O. The molecule has 22 heavy (non-hydrogen) atoms. The number of aromatic nitrogens is 3. The molecule has 0 bridgehead atoms. The normalized spacial score (nSPS) is 16.8. The van der Waals surface area contributed by atoms with Crippen molar-refractivity contribution in [2.75, 3.05) is 0 Å². The predicted octanol–water partition coefficient (Wildman–Crippen LogP) is 2.37. The molecule has 0 aliphatic carbocycles. The summed E-state index contributed by atoms with van der Waals surface area (Å²) < 4.78 is 5.52. The molecule has 3 rings (SSSR count). The standard InChI is InChI=1S/C16H17N5O/c1-2-3-4-12-14-13(10-5-7-19-8-6-10)11(9-17)15(18)22-16(14)21-20-12/h5-8,13H,2-4,18H2,1H3,(H,20,21). The van der Waals surface area contributed by atoms with E-state index in [1.165, 1.54) is 0 Å². The first-order valence-electron chi connectivity index (χ1n) is 7.30. The first-order valence-corrected chi connectivity index (χ1v) is 7.30. The zero-order valence-electron chi connectivity index (χ0n) is 12.3. The highest BCUT2D eigenvalue weighted by molar-refractivity contribution is 5.54. The summed E-state index contributed by atoms with van der Waals surface area (Å²) in [4.78, 5) is 4.04. The fourth-order valence-electron chi connectivity index (χ4n) is 2.74. The Kier molecular flexibility index (Phi) is 3.79. The molecule has 6 heteroatoms. The van der Waals surface area contributed by atoms with Crippen LogP contribution >= 0.6 is 0 Å². The van der Waals surface area contributed by atoms with Crippen LogP contribution < -0.4 is 10.5 Å². The number of aryl methyl sites for hydroxylation is 1. The number of nitrogens with zero attached hydrogens (tertiary/aromatic N) is 3. The van der Waals surface area contributed by atoms with Crippen LogP contribution in [-0.2, 0) is 6.42 Å². The van der Waals surface area contributed by atoms with Crippen molar-refractivity contribution in [2.24, 2.45) is 5.73 Å². The number of pyridine rings is 1. The lowest BCUT2D eigenvalue weighted by molar-refractivity contribution is 0.378. The molecule has 1 unspecified atom stereocenters. The highest BCUT2D eigenvalue weighted by Gasteiger charge is 2.34. The molecule has 0 fully saturated rings. The Morgan fingerprint density at radius 2 is 2.18 bits per heavy atom. The average Bonchev–Trinajstić information content (AvgIpc) is 2.94. The first-order chi connectivity index (χ1) is 10.8. The van der Waals surface area contributed by atoms with Gasteiger partial charge in [0.05, 0.1) is 5.92 Å². The van der Waals surface area contributed by atoms with Gasteiger partial charge in [-0.1, -0.05) is 13.3 Å². The zero-order valence-corrected chi connectivity index (χ0v) is 12.3. The van der Waals surface area contributed by atoms with E-state index < -0.39 is 0 Å². The van der Waals surface area contributed by atoms with E-state index in [0.29, 0.717) is 11.5 Å².